The van der Waals surface area contributed by atoms with Crippen LogP contribution in [0.4, 0.5) is 0 Å². The molecule has 3 aromatic heterocycles. The number of nitrogens with zero attached hydrogens (tertiary/aromatic N) is 3. The Hall–Kier alpha value is -5.44. The van der Waals surface area contributed by atoms with Gasteiger partial charge in [-0.15, -0.1) is 0 Å². The van der Waals surface area contributed by atoms with Crippen molar-refractivity contribution < 1.29 is 4.42 Å². The molecule has 2 saturated heterocycles. The fourth-order valence-electron chi connectivity index (χ4n) is 10.7. The summed E-state index contributed by atoms with van der Waals surface area (Å²) in [5.41, 5.74) is 13.4. The first-order chi connectivity index (χ1) is 27.6. The number of aromatic nitrogens is 2. The predicted molar refractivity (Wildman–Crippen MR) is 240 cm³/mol. The van der Waals surface area contributed by atoms with Gasteiger partial charge in [-0.1, -0.05) is 132 Å². The normalized spacial score (nSPS) is 16.2. The van der Waals surface area contributed by atoms with E-state index >= 15 is 0 Å². The van der Waals surface area contributed by atoms with Crippen molar-refractivity contribution in [3.8, 4) is 34.1 Å². The number of fused-ring (bicyclic) bond motifs is 6. The van der Waals surface area contributed by atoms with Gasteiger partial charge in [0, 0.05) is 33.3 Å². The third-order valence-electron chi connectivity index (χ3n) is 13.7. The summed E-state index contributed by atoms with van der Waals surface area (Å²) in [6.45, 7) is 11.5. The Morgan fingerprint density at radius 2 is 1.44 bits per heavy atom. The highest BCUT2D eigenvalue weighted by atomic mass is 28.3. The first kappa shape index (κ1) is 35.9. The van der Waals surface area contributed by atoms with E-state index in [1.807, 2.05) is 12.3 Å². The highest BCUT2D eigenvalue weighted by Crippen LogP contribution is 2.49. The quantitative estimate of drug-likeness (QED) is 0.164. The van der Waals surface area contributed by atoms with Gasteiger partial charge in [0.05, 0.1) is 30.4 Å². The van der Waals surface area contributed by atoms with Crippen LogP contribution in [-0.4, -0.2) is 17.6 Å². The maximum atomic E-state index is 10.6. The lowest BCUT2D eigenvalue weighted by Gasteiger charge is -2.36. The van der Waals surface area contributed by atoms with Crippen LogP contribution in [0.1, 0.15) is 94.4 Å². The summed E-state index contributed by atoms with van der Waals surface area (Å²) in [6, 6.07) is 45.9. The Morgan fingerprint density at radius 1 is 0.754 bits per heavy atom. The molecule has 2 aliphatic heterocycles. The Balaban J connectivity index is 1.13. The van der Waals surface area contributed by atoms with E-state index in [0.29, 0.717) is 11.5 Å². The van der Waals surface area contributed by atoms with Crippen molar-refractivity contribution in [2.24, 2.45) is 0 Å². The molecule has 0 bridgehead atoms. The number of benzene rings is 5. The molecule has 5 heteroatoms. The zero-order valence-corrected chi connectivity index (χ0v) is 35.0. The number of hydrogen-bond acceptors (Lipinski definition) is 3. The molecule has 5 heterocycles. The smallest absolute Gasteiger partial charge is 0.160 e. The molecule has 4 nitrogen and oxygen atoms in total. The zero-order chi connectivity index (χ0) is 39.1. The minimum atomic E-state index is -0.962. The van der Waals surface area contributed by atoms with Gasteiger partial charge in [-0.3, -0.25) is 4.98 Å². The standard InChI is InChI=1S/C52H51N3OSi/c1-33(2)38-20-21-42(45-31-36(22-25-54-45)39-18-16-35(30-44(39)52(3,4)5)34-23-28-57(29-24-34)26-10-11-27-57)50-48(38)43-19-17-37(32-53)49(51(43)56-50)55-46-14-8-6-12-40(46)41-13-7-9-15-47(41)55/h6-9,12-22,25,30-31,33-34H,10-11,23-24,26-29H2,1-5H3. The predicted octanol–water partition coefficient (Wildman–Crippen LogP) is 14.8. The average Bonchev–Trinajstić information content (AvgIpc) is 3.94. The van der Waals surface area contributed by atoms with Crippen LogP contribution >= 0.6 is 0 Å². The number of pyridine rings is 1. The highest BCUT2D eigenvalue weighted by Gasteiger charge is 2.40. The van der Waals surface area contributed by atoms with Gasteiger partial charge in [-0.25, -0.2) is 0 Å². The van der Waals surface area contributed by atoms with E-state index < -0.39 is 8.07 Å². The van der Waals surface area contributed by atoms with E-state index in [-0.39, 0.29) is 11.3 Å². The molecule has 2 aliphatic rings. The van der Waals surface area contributed by atoms with Crippen molar-refractivity contribution >= 4 is 51.8 Å². The van der Waals surface area contributed by atoms with Crippen molar-refractivity contribution in [3.05, 3.63) is 132 Å². The molecule has 284 valence electrons. The second-order valence-corrected chi connectivity index (χ2v) is 23.4. The van der Waals surface area contributed by atoms with Crippen LogP contribution in [0.3, 0.4) is 0 Å². The molecule has 0 radical (unpaired) electrons. The second-order valence-electron chi connectivity index (χ2n) is 18.4. The lowest BCUT2D eigenvalue weighted by Crippen LogP contribution is -2.34. The highest BCUT2D eigenvalue weighted by molar-refractivity contribution is 6.80. The van der Waals surface area contributed by atoms with Gasteiger partial charge in [0.1, 0.15) is 17.3 Å². The van der Waals surface area contributed by atoms with Gasteiger partial charge in [-0.05, 0) is 100 Å². The molecule has 1 spiro atoms. The topological polar surface area (TPSA) is 54.8 Å². The van der Waals surface area contributed by atoms with Crippen LogP contribution in [0, 0.1) is 11.3 Å². The molecule has 8 aromatic rings. The van der Waals surface area contributed by atoms with E-state index in [4.69, 9.17) is 9.40 Å². The molecule has 5 aromatic carbocycles. The summed E-state index contributed by atoms with van der Waals surface area (Å²) in [5.74, 6) is 0.943. The second kappa shape index (κ2) is 13.6. The summed E-state index contributed by atoms with van der Waals surface area (Å²) in [5, 5.41) is 15.0. The molecule has 0 unspecified atom stereocenters. The molecular formula is C52H51N3OSi. The molecule has 57 heavy (non-hydrogen) atoms. The third kappa shape index (κ3) is 5.87. The SMILES string of the molecule is CC(C)c1ccc(-c2cc(-c3ccc(C4CC[Si]5(CCCC5)CC4)cc3C(C)(C)C)ccn2)c2oc3c(-n4c5ccccc5c5ccccc54)c(C#N)ccc3c12. The molecular weight excluding hydrogens is 711 g/mol. The van der Waals surface area contributed by atoms with E-state index in [1.165, 1.54) is 65.6 Å². The first-order valence-electron chi connectivity index (χ1n) is 21.2. The zero-order valence-electron chi connectivity index (χ0n) is 34.0. The maximum Gasteiger partial charge on any atom is 0.160 e. The summed E-state index contributed by atoms with van der Waals surface area (Å²) in [6.07, 6.45) is 7.69. The number of furan rings is 1. The Bertz CT molecular complexity index is 2850. The number of rotatable bonds is 5. The van der Waals surface area contributed by atoms with Gasteiger partial charge in [0.25, 0.3) is 0 Å². The van der Waals surface area contributed by atoms with E-state index in [1.54, 1.807) is 12.1 Å². The lowest BCUT2D eigenvalue weighted by atomic mass is 9.79. The maximum absolute atomic E-state index is 10.6. The van der Waals surface area contributed by atoms with Crippen molar-refractivity contribution in [1.29, 1.82) is 5.26 Å². The van der Waals surface area contributed by atoms with Crippen molar-refractivity contribution in [2.75, 3.05) is 0 Å². The van der Waals surface area contributed by atoms with Gasteiger partial charge < -0.3 is 8.98 Å². The molecule has 2 fully saturated rings. The fourth-order valence-corrected chi connectivity index (χ4v) is 16.2. The summed E-state index contributed by atoms with van der Waals surface area (Å²) in [4.78, 5) is 5.02. The minimum Gasteiger partial charge on any atom is -0.453 e. The van der Waals surface area contributed by atoms with E-state index in [9.17, 15) is 5.26 Å². The Kier molecular flexibility index (Phi) is 8.57. The summed E-state index contributed by atoms with van der Waals surface area (Å²) in [7, 11) is -0.962. The largest absolute Gasteiger partial charge is 0.453 e. The van der Waals surface area contributed by atoms with Crippen LogP contribution in [0.5, 0.6) is 0 Å². The minimum absolute atomic E-state index is 0.0164. The van der Waals surface area contributed by atoms with Gasteiger partial charge in [0.2, 0.25) is 0 Å². The average molecular weight is 762 g/mol. The van der Waals surface area contributed by atoms with Gasteiger partial charge >= 0.3 is 0 Å². The summed E-state index contributed by atoms with van der Waals surface area (Å²) < 4.78 is 9.38. The van der Waals surface area contributed by atoms with Crippen LogP contribution in [-0.2, 0) is 5.41 Å². The molecule has 0 atom stereocenters. The molecule has 0 N–H and O–H groups in total. The number of para-hydroxylation sites is 2. The van der Waals surface area contributed by atoms with E-state index in [0.717, 1.165) is 60.7 Å². The van der Waals surface area contributed by atoms with Gasteiger partial charge in [-0.2, -0.15) is 5.26 Å². The van der Waals surface area contributed by atoms with Crippen molar-refractivity contribution in [3.63, 3.8) is 0 Å². The number of hydrogen-bond donors (Lipinski definition) is 0. The fraction of sp³-hybridized carbons (Fsp3) is 0.308. The number of nitriles is 1. The van der Waals surface area contributed by atoms with Gasteiger partial charge in [0.15, 0.2) is 5.58 Å². The van der Waals surface area contributed by atoms with Crippen LogP contribution in [0.15, 0.2) is 114 Å². The first-order valence-corrected chi connectivity index (χ1v) is 24.0. The van der Waals surface area contributed by atoms with Crippen LogP contribution < -0.4 is 0 Å². The van der Waals surface area contributed by atoms with Crippen LogP contribution in [0.2, 0.25) is 24.2 Å². The molecule has 10 rings (SSSR count). The Labute approximate surface area is 337 Å². The molecule has 0 amide bonds. The van der Waals surface area contributed by atoms with E-state index in [2.05, 4.69) is 142 Å². The summed E-state index contributed by atoms with van der Waals surface area (Å²) >= 11 is 0. The van der Waals surface area contributed by atoms with Crippen LogP contribution in [0.25, 0.3) is 71.8 Å². The third-order valence-corrected chi connectivity index (χ3v) is 19.2. The van der Waals surface area contributed by atoms with Crippen molar-refractivity contribution in [2.45, 2.75) is 102 Å². The van der Waals surface area contributed by atoms with Crippen molar-refractivity contribution in [1.82, 2.24) is 9.55 Å². The lowest BCUT2D eigenvalue weighted by molar-refractivity contribution is 0.577. The molecule has 0 aliphatic carbocycles. The molecule has 0 saturated carbocycles. The Morgan fingerprint density at radius 3 is 2.11 bits per heavy atom. The monoisotopic (exact) mass is 761 g/mol.